The van der Waals surface area contributed by atoms with Gasteiger partial charge < -0.3 is 21.2 Å². The molecule has 5 N–H and O–H groups in total. The molecule has 1 atom stereocenters. The van der Waals surface area contributed by atoms with Crippen LogP contribution < -0.4 is 21.4 Å². The monoisotopic (exact) mass is 346 g/mol. The van der Waals surface area contributed by atoms with E-state index in [0.717, 1.165) is 25.8 Å². The van der Waals surface area contributed by atoms with Crippen LogP contribution in [0.4, 0.5) is 24.7 Å². The van der Waals surface area contributed by atoms with Crippen LogP contribution in [0.2, 0.25) is 0 Å². The number of carbonyl (C=O) groups is 1. The predicted molar refractivity (Wildman–Crippen MR) is 79.9 cm³/mol. The van der Waals surface area contributed by atoms with E-state index in [-0.39, 0.29) is 17.0 Å². The van der Waals surface area contributed by atoms with Crippen molar-refractivity contribution in [2.75, 3.05) is 16.5 Å². The van der Waals surface area contributed by atoms with Gasteiger partial charge in [-0.3, -0.25) is 5.41 Å². The number of alkyl halides is 3. The Morgan fingerprint density at radius 2 is 2.12 bits per heavy atom. The van der Waals surface area contributed by atoms with E-state index in [4.69, 9.17) is 16.9 Å². The summed E-state index contributed by atoms with van der Waals surface area (Å²) in [6.07, 6.45) is -1.19. The van der Waals surface area contributed by atoms with E-state index in [1.165, 1.54) is 12.3 Å². The molecular formula is C13H17F3N6O2. The number of nitrogens with zero attached hydrogens (tertiary/aromatic N) is 3. The van der Waals surface area contributed by atoms with Gasteiger partial charge in [0.05, 0.1) is 18.1 Å². The van der Waals surface area contributed by atoms with Gasteiger partial charge in [-0.15, -0.1) is 5.06 Å². The number of piperidine rings is 1. The van der Waals surface area contributed by atoms with Crippen LogP contribution in [0.25, 0.3) is 0 Å². The van der Waals surface area contributed by atoms with Crippen molar-refractivity contribution in [3.05, 3.63) is 18.3 Å². The summed E-state index contributed by atoms with van der Waals surface area (Å²) in [5.74, 6) is -3.64. The predicted octanol–water partition coefficient (Wildman–Crippen LogP) is 1.08. The lowest BCUT2D eigenvalue weighted by Gasteiger charge is -2.34. The smallest absolute Gasteiger partial charge is 0.367 e. The number of guanidine groups is 1. The lowest BCUT2D eigenvalue weighted by Crippen LogP contribution is -2.45. The maximum Gasteiger partial charge on any atom is 0.493 e. The van der Waals surface area contributed by atoms with E-state index in [9.17, 15) is 18.0 Å². The molecule has 0 aromatic carbocycles. The van der Waals surface area contributed by atoms with E-state index in [0.29, 0.717) is 5.69 Å². The zero-order valence-electron chi connectivity index (χ0n) is 12.6. The van der Waals surface area contributed by atoms with Gasteiger partial charge in [-0.25, -0.2) is 9.78 Å². The lowest BCUT2D eigenvalue weighted by molar-refractivity contribution is -0.199. The molecule has 11 heteroatoms. The third-order valence-electron chi connectivity index (χ3n) is 3.45. The van der Waals surface area contributed by atoms with E-state index in [1.807, 2.05) is 4.90 Å². The van der Waals surface area contributed by atoms with Gasteiger partial charge in [0.2, 0.25) is 5.96 Å². The molecule has 132 valence electrons. The maximum atomic E-state index is 12.3. The van der Waals surface area contributed by atoms with Crippen molar-refractivity contribution >= 4 is 23.4 Å². The summed E-state index contributed by atoms with van der Waals surface area (Å²) in [6, 6.07) is 2.85. The molecule has 1 aliphatic heterocycles. The topological polar surface area (TPSA) is 122 Å². The fourth-order valence-electron chi connectivity index (χ4n) is 2.30. The van der Waals surface area contributed by atoms with Crippen LogP contribution in [0.5, 0.6) is 0 Å². The Kier molecular flexibility index (Phi) is 5.12. The number of halogens is 3. The van der Waals surface area contributed by atoms with Crippen molar-refractivity contribution in [2.45, 2.75) is 31.6 Å². The summed E-state index contributed by atoms with van der Waals surface area (Å²) >= 11 is 0. The summed E-state index contributed by atoms with van der Waals surface area (Å²) in [4.78, 5) is 20.8. The van der Waals surface area contributed by atoms with Crippen molar-refractivity contribution < 1.29 is 22.8 Å². The van der Waals surface area contributed by atoms with Gasteiger partial charge in [0.15, 0.2) is 5.82 Å². The van der Waals surface area contributed by atoms with Gasteiger partial charge in [0, 0.05) is 6.54 Å². The van der Waals surface area contributed by atoms with Gasteiger partial charge in [-0.1, -0.05) is 0 Å². The molecule has 1 aromatic rings. The first-order chi connectivity index (χ1) is 11.2. The first-order valence-electron chi connectivity index (χ1n) is 7.11. The highest BCUT2D eigenvalue weighted by Crippen LogP contribution is 2.24. The number of anilines is 2. The van der Waals surface area contributed by atoms with E-state index >= 15 is 0 Å². The highest BCUT2D eigenvalue weighted by molar-refractivity contribution is 5.92. The van der Waals surface area contributed by atoms with E-state index < -0.39 is 18.1 Å². The lowest BCUT2D eigenvalue weighted by atomic mass is 10.1. The highest BCUT2D eigenvalue weighted by Gasteiger charge is 2.43. The van der Waals surface area contributed by atoms with Crippen molar-refractivity contribution in [1.29, 1.82) is 5.41 Å². The van der Waals surface area contributed by atoms with Crippen LogP contribution in [0.1, 0.15) is 19.3 Å². The van der Waals surface area contributed by atoms with Crippen LogP contribution in [-0.2, 0) is 9.63 Å². The summed E-state index contributed by atoms with van der Waals surface area (Å²) in [5, 5.41) is 7.46. The average molecular weight is 346 g/mol. The zero-order chi connectivity index (χ0) is 17.9. The van der Waals surface area contributed by atoms with Gasteiger partial charge in [-0.05, 0) is 31.4 Å². The number of hydroxylamine groups is 1. The Hall–Kier alpha value is -2.56. The van der Waals surface area contributed by atoms with Crippen LogP contribution in [0.15, 0.2) is 18.3 Å². The van der Waals surface area contributed by atoms with Gasteiger partial charge in [0.1, 0.15) is 0 Å². The van der Waals surface area contributed by atoms with E-state index in [1.54, 1.807) is 6.07 Å². The quantitative estimate of drug-likeness (QED) is 0.416. The largest absolute Gasteiger partial charge is 0.493 e. The average Bonchev–Trinajstić information content (AvgIpc) is 2.52. The Morgan fingerprint density at radius 3 is 2.62 bits per heavy atom. The van der Waals surface area contributed by atoms with Gasteiger partial charge in [-0.2, -0.15) is 13.2 Å². The minimum absolute atomic E-state index is 0.168. The summed E-state index contributed by atoms with van der Waals surface area (Å²) in [6.45, 7) is 0.738. The fraction of sp³-hybridized carbons (Fsp3) is 0.462. The van der Waals surface area contributed by atoms with Crippen molar-refractivity contribution in [1.82, 2.24) is 4.98 Å². The molecule has 1 unspecified atom stereocenters. The molecule has 0 bridgehead atoms. The number of nitrogens with one attached hydrogen (secondary N) is 1. The SMILES string of the molecule is N=C(N)N(OC(=O)C(F)(F)F)c1ccc(N2CCCCC2N)cn1. The van der Waals surface area contributed by atoms with Crippen LogP contribution in [0, 0.1) is 5.41 Å². The van der Waals surface area contributed by atoms with Crippen LogP contribution in [-0.4, -0.2) is 35.8 Å². The number of aromatic nitrogens is 1. The van der Waals surface area contributed by atoms with Gasteiger partial charge in [0.25, 0.3) is 0 Å². The van der Waals surface area contributed by atoms with Gasteiger partial charge >= 0.3 is 12.1 Å². The highest BCUT2D eigenvalue weighted by atomic mass is 19.4. The fourth-order valence-corrected chi connectivity index (χ4v) is 2.30. The Labute approximate surface area is 135 Å². The molecule has 1 aromatic heterocycles. The number of carbonyl (C=O) groups excluding carboxylic acids is 1. The normalized spacial score (nSPS) is 18.2. The molecule has 1 aliphatic rings. The molecule has 1 fully saturated rings. The number of hydrogen-bond donors (Lipinski definition) is 3. The molecule has 0 aliphatic carbocycles. The third-order valence-corrected chi connectivity index (χ3v) is 3.45. The van der Waals surface area contributed by atoms with Crippen molar-refractivity contribution in [3.63, 3.8) is 0 Å². The molecule has 2 heterocycles. The zero-order valence-corrected chi connectivity index (χ0v) is 12.6. The maximum absolute atomic E-state index is 12.3. The summed E-state index contributed by atoms with van der Waals surface area (Å²) < 4.78 is 36.9. The van der Waals surface area contributed by atoms with Crippen molar-refractivity contribution in [3.8, 4) is 0 Å². The third kappa shape index (κ3) is 4.04. The summed E-state index contributed by atoms with van der Waals surface area (Å²) in [5.41, 5.74) is 11.8. The molecular weight excluding hydrogens is 329 g/mol. The number of rotatable bonds is 2. The number of pyridine rings is 1. The molecule has 0 saturated carbocycles. The Morgan fingerprint density at radius 1 is 1.42 bits per heavy atom. The van der Waals surface area contributed by atoms with Crippen LogP contribution >= 0.6 is 0 Å². The Balaban J connectivity index is 2.17. The molecule has 2 rings (SSSR count). The number of nitrogens with two attached hydrogens (primary N) is 2. The molecule has 0 radical (unpaired) electrons. The van der Waals surface area contributed by atoms with Crippen LogP contribution in [0.3, 0.4) is 0 Å². The minimum Gasteiger partial charge on any atom is -0.367 e. The molecule has 0 spiro atoms. The number of hydrogen-bond acceptors (Lipinski definition) is 6. The molecule has 8 nitrogen and oxygen atoms in total. The first kappa shape index (κ1) is 17.8. The summed E-state index contributed by atoms with van der Waals surface area (Å²) in [7, 11) is 0. The standard InChI is InChI=1S/C13H17F3N6O2/c14-13(15,16)11(23)24-22(12(18)19)10-5-4-8(7-20-10)21-6-2-1-3-9(21)17/h4-5,7,9H,1-3,6,17H2,(H3,18,19). The second kappa shape index (κ2) is 6.91. The second-order valence-corrected chi connectivity index (χ2v) is 5.19. The molecule has 1 saturated heterocycles. The second-order valence-electron chi connectivity index (χ2n) is 5.19. The Bertz CT molecular complexity index is 607. The minimum atomic E-state index is -5.21. The first-order valence-corrected chi connectivity index (χ1v) is 7.11. The van der Waals surface area contributed by atoms with E-state index in [2.05, 4.69) is 9.82 Å². The van der Waals surface area contributed by atoms with Crippen molar-refractivity contribution in [2.24, 2.45) is 11.5 Å². The molecule has 24 heavy (non-hydrogen) atoms. The molecule has 0 amide bonds.